The summed E-state index contributed by atoms with van der Waals surface area (Å²) in [5, 5.41) is 18.4. The number of aromatic hydroxyl groups is 1. The van der Waals surface area contributed by atoms with Crippen molar-refractivity contribution in [1.29, 1.82) is 0 Å². The average Bonchev–Trinajstić information content (AvgIpc) is 3.62. The predicted molar refractivity (Wildman–Crippen MR) is 208 cm³/mol. The molecule has 57 heavy (non-hydrogen) atoms. The molecule has 3 atom stereocenters. The van der Waals surface area contributed by atoms with E-state index < -0.39 is 52.9 Å². The predicted octanol–water partition coefficient (Wildman–Crippen LogP) is 3.02. The maximum Gasteiger partial charge on any atom is 0.309 e. The van der Waals surface area contributed by atoms with Crippen LogP contribution in [0.25, 0.3) is 0 Å². The largest absolute Gasteiger partial charge is 0.506 e. The second-order valence-corrected chi connectivity index (χ2v) is 15.5. The number of benzene rings is 1. The number of anilines is 1. The van der Waals surface area contributed by atoms with E-state index in [1.54, 1.807) is 12.1 Å². The highest BCUT2D eigenvalue weighted by molar-refractivity contribution is 6.13. The number of ether oxygens (including phenoxy) is 1. The Morgan fingerprint density at radius 3 is 1.82 bits per heavy atom. The number of nitrogens with one attached hydrogen (secondary N) is 3. The van der Waals surface area contributed by atoms with Gasteiger partial charge in [-0.15, -0.1) is 0 Å². The quantitative estimate of drug-likeness (QED) is 0.0545. The number of imide groups is 2. The topological polar surface area (TPSA) is 226 Å². The van der Waals surface area contributed by atoms with Gasteiger partial charge in [-0.05, 0) is 82.9 Å². The van der Waals surface area contributed by atoms with Gasteiger partial charge in [0, 0.05) is 69.6 Å². The third kappa shape index (κ3) is 15.8. The summed E-state index contributed by atoms with van der Waals surface area (Å²) in [6.07, 6.45) is 6.58. The first-order valence-electron chi connectivity index (χ1n) is 19.3. The Morgan fingerprint density at radius 2 is 1.26 bits per heavy atom. The number of hydrogen-bond donors (Lipinski definition) is 4. The van der Waals surface area contributed by atoms with Gasteiger partial charge in [0.2, 0.25) is 17.7 Å². The van der Waals surface area contributed by atoms with E-state index in [2.05, 4.69) is 16.0 Å². The summed E-state index contributed by atoms with van der Waals surface area (Å²) in [4.78, 5) is 113. The Balaban J connectivity index is 1.48. The fourth-order valence-electron chi connectivity index (χ4n) is 6.28. The number of unbranched alkanes of at least 4 members (excludes halogenated alkanes) is 1. The summed E-state index contributed by atoms with van der Waals surface area (Å²) in [6, 6.07) is 3.84. The minimum atomic E-state index is -1.10. The maximum atomic E-state index is 13.3. The number of esters is 1. The fourth-order valence-corrected chi connectivity index (χ4v) is 6.28. The lowest BCUT2D eigenvalue weighted by Crippen LogP contribution is -2.48. The zero-order valence-corrected chi connectivity index (χ0v) is 33.4. The Morgan fingerprint density at radius 1 is 0.737 bits per heavy atom. The lowest BCUT2D eigenvalue weighted by molar-refractivity contribution is -0.160. The molecule has 2 aliphatic heterocycles. The zero-order valence-electron chi connectivity index (χ0n) is 33.4. The molecule has 0 saturated carbocycles. The lowest BCUT2D eigenvalue weighted by atomic mass is 9.91. The van der Waals surface area contributed by atoms with Crippen molar-refractivity contribution in [3.8, 4) is 5.75 Å². The van der Waals surface area contributed by atoms with Gasteiger partial charge in [-0.25, -0.2) is 0 Å². The van der Waals surface area contributed by atoms with Crippen molar-refractivity contribution >= 4 is 58.8 Å². The second kappa shape index (κ2) is 21.6. The molecular weight excluding hydrogens is 738 g/mol. The normalized spacial score (nSPS) is 15.5. The SMILES string of the molecule is CC(C[C@@H](C)Cc1ccc(O)c(NC(=O)CCCCC(=O)[C@H](CNC(=O)CCCN2C(=O)C=CC2=O)NC(=O)CCCN2C(=O)C=CC2=O)c1)C(=O)OC(C)(C)C. The minimum Gasteiger partial charge on any atom is -0.506 e. The smallest absolute Gasteiger partial charge is 0.309 e. The van der Waals surface area contributed by atoms with Crippen LogP contribution in [0, 0.1) is 11.8 Å². The number of Topliss-reactive ketones (excluding diaryl/α,β-unsaturated/α-hetero) is 1. The van der Waals surface area contributed by atoms with Crippen molar-refractivity contribution in [2.24, 2.45) is 11.8 Å². The second-order valence-electron chi connectivity index (χ2n) is 15.5. The van der Waals surface area contributed by atoms with Crippen LogP contribution in [0.1, 0.15) is 98.0 Å². The monoisotopic (exact) mass is 793 g/mol. The molecule has 3 rings (SSSR count). The molecule has 0 radical (unpaired) electrons. The molecule has 16 heteroatoms. The van der Waals surface area contributed by atoms with Gasteiger partial charge < -0.3 is 25.8 Å². The van der Waals surface area contributed by atoms with Gasteiger partial charge in [0.15, 0.2) is 5.78 Å². The number of amides is 7. The average molecular weight is 794 g/mol. The highest BCUT2D eigenvalue weighted by atomic mass is 16.6. The fraction of sp³-hybridized carbons (Fsp3) is 0.537. The Hall–Kier alpha value is -5.67. The zero-order chi connectivity index (χ0) is 42.3. The standard InChI is InChI=1S/C41H55N5O11/c1-26(22-27(2)40(56)57-41(3,4)5)23-28-14-15-32(48)29(24-28)43-34(50)11-7-6-10-31(47)30(44-35(51)13-9-21-46-38(54)18-19-39(46)55)25-42-33(49)12-8-20-45-36(52)16-17-37(45)53/h14-19,24,26-27,30,48H,6-13,20-23,25H2,1-5H3,(H,42,49)(H,43,50)(H,44,51)/t26-,27?,30+/m1/s1. The Bertz CT molecular complexity index is 1730. The number of nitrogens with zero attached hydrogens (tertiary/aromatic N) is 2. The summed E-state index contributed by atoms with van der Waals surface area (Å²) < 4.78 is 5.48. The van der Waals surface area contributed by atoms with Crippen molar-refractivity contribution in [1.82, 2.24) is 20.4 Å². The van der Waals surface area contributed by atoms with Crippen molar-refractivity contribution in [3.63, 3.8) is 0 Å². The van der Waals surface area contributed by atoms with Crippen LogP contribution < -0.4 is 16.0 Å². The van der Waals surface area contributed by atoms with Crippen LogP contribution >= 0.6 is 0 Å². The van der Waals surface area contributed by atoms with Crippen LogP contribution in [0.3, 0.4) is 0 Å². The van der Waals surface area contributed by atoms with E-state index in [0.29, 0.717) is 19.3 Å². The number of carbonyl (C=O) groups excluding carboxylic acids is 9. The van der Waals surface area contributed by atoms with E-state index in [0.717, 1.165) is 39.7 Å². The number of hydrogen-bond acceptors (Lipinski definition) is 11. The third-order valence-corrected chi connectivity index (χ3v) is 9.16. The Labute approximate surface area is 332 Å². The summed E-state index contributed by atoms with van der Waals surface area (Å²) in [6.45, 7) is 9.14. The molecule has 0 aromatic heterocycles. The molecule has 2 aliphatic rings. The molecule has 310 valence electrons. The molecular formula is C41H55N5O11. The van der Waals surface area contributed by atoms with Crippen LogP contribution in [-0.2, 0) is 54.3 Å². The van der Waals surface area contributed by atoms with Crippen LogP contribution in [0.4, 0.5) is 5.69 Å². The highest BCUT2D eigenvalue weighted by Gasteiger charge is 2.27. The van der Waals surface area contributed by atoms with Crippen molar-refractivity contribution < 1.29 is 53.0 Å². The van der Waals surface area contributed by atoms with Crippen molar-refractivity contribution in [2.75, 3.05) is 25.0 Å². The molecule has 1 unspecified atom stereocenters. The van der Waals surface area contributed by atoms with Gasteiger partial charge in [-0.2, -0.15) is 0 Å². The molecule has 0 spiro atoms. The molecule has 1 aromatic carbocycles. The van der Waals surface area contributed by atoms with Crippen LogP contribution in [0.15, 0.2) is 42.5 Å². The minimum absolute atomic E-state index is 0.0172. The Kier molecular flexibility index (Phi) is 17.3. The molecule has 1 aromatic rings. The molecule has 4 N–H and O–H groups in total. The number of phenols is 1. The van der Waals surface area contributed by atoms with Crippen LogP contribution in [0.5, 0.6) is 5.75 Å². The number of rotatable bonds is 23. The van der Waals surface area contributed by atoms with E-state index in [9.17, 15) is 48.3 Å². The summed E-state index contributed by atoms with van der Waals surface area (Å²) in [7, 11) is 0. The van der Waals surface area contributed by atoms with Gasteiger partial charge in [-0.3, -0.25) is 53.0 Å². The van der Waals surface area contributed by atoms with Gasteiger partial charge in [-0.1, -0.05) is 19.9 Å². The van der Waals surface area contributed by atoms with Crippen LogP contribution in [0.2, 0.25) is 0 Å². The summed E-state index contributed by atoms with van der Waals surface area (Å²) in [5.41, 5.74) is 0.531. The van der Waals surface area contributed by atoms with Gasteiger partial charge in [0.05, 0.1) is 11.6 Å². The van der Waals surface area contributed by atoms with E-state index in [-0.39, 0.29) is 99.7 Å². The number of phenolic OH excluding ortho intramolecular Hbond substituents is 1. The van der Waals surface area contributed by atoms with Gasteiger partial charge in [0.1, 0.15) is 17.4 Å². The van der Waals surface area contributed by atoms with Gasteiger partial charge >= 0.3 is 5.97 Å². The van der Waals surface area contributed by atoms with E-state index in [4.69, 9.17) is 4.74 Å². The molecule has 2 heterocycles. The van der Waals surface area contributed by atoms with Crippen molar-refractivity contribution in [2.45, 2.75) is 110 Å². The maximum absolute atomic E-state index is 13.3. The lowest BCUT2D eigenvalue weighted by Gasteiger charge is -2.23. The van der Waals surface area contributed by atoms with E-state index in [1.165, 1.54) is 6.07 Å². The van der Waals surface area contributed by atoms with Crippen molar-refractivity contribution in [3.05, 3.63) is 48.1 Å². The molecule has 7 amide bonds. The number of carbonyl (C=O) groups is 9. The van der Waals surface area contributed by atoms with E-state index >= 15 is 0 Å². The highest BCUT2D eigenvalue weighted by Crippen LogP contribution is 2.27. The first-order chi connectivity index (χ1) is 26.8. The van der Waals surface area contributed by atoms with Gasteiger partial charge in [0.25, 0.3) is 23.6 Å². The summed E-state index contributed by atoms with van der Waals surface area (Å²) in [5.74, 6) is -4.18. The first kappa shape index (κ1) is 45.7. The molecule has 0 saturated heterocycles. The molecule has 0 aliphatic carbocycles. The molecule has 16 nitrogen and oxygen atoms in total. The number of ketones is 1. The molecule has 0 bridgehead atoms. The molecule has 0 fully saturated rings. The summed E-state index contributed by atoms with van der Waals surface area (Å²) >= 11 is 0. The van der Waals surface area contributed by atoms with Crippen LogP contribution in [-0.4, -0.2) is 99.3 Å². The first-order valence-corrected chi connectivity index (χ1v) is 19.3. The third-order valence-electron chi connectivity index (χ3n) is 9.16. The van der Waals surface area contributed by atoms with E-state index in [1.807, 2.05) is 34.6 Å².